The maximum Gasteiger partial charge on any atom is 0.135 e. The lowest BCUT2D eigenvalue weighted by atomic mass is 9.67. The molecule has 102 heavy (non-hydrogen) atoms. The Hall–Kier alpha value is -12.9. The molecule has 1 unspecified atom stereocenters. The number of fused-ring (bicyclic) bond motifs is 12. The Morgan fingerprint density at radius 3 is 1.29 bits per heavy atom. The molecule has 0 radical (unpaired) electrons. The van der Waals surface area contributed by atoms with E-state index in [2.05, 4.69) is 386 Å². The molecule has 1 atom stereocenters. The van der Waals surface area contributed by atoms with Crippen LogP contribution in [0.25, 0.3) is 97.7 Å². The van der Waals surface area contributed by atoms with E-state index in [0.29, 0.717) is 0 Å². The highest BCUT2D eigenvalue weighted by molar-refractivity contribution is 7.26. The summed E-state index contributed by atoms with van der Waals surface area (Å²) < 4.78 is 8.87. The minimum atomic E-state index is -0.652. The van der Waals surface area contributed by atoms with Gasteiger partial charge in [-0.1, -0.05) is 291 Å². The highest BCUT2D eigenvalue weighted by Crippen LogP contribution is 2.60. The molecular formula is C98H64N2OS. The standard InChI is InChI=1S/C98H64N2OS/c1-6-27-69(28-7-1)97(70-29-8-2-9-30-70)88-44-20-16-39-80(88)82-56-54-76(63-90(82)97)99(73-33-12-4-13-34-73)75-37-24-26-67(60-75)79-42-25-43-85-87-61-66(51-59-95(87)102-96(79)85)65-48-52-72(53-49-65)98(71-31-10-3-11-32-71)89-45-21-17-40-81(89)83-57-55-77(64-91(83)98)100(74-35-14-5-15-36-74)92-46-22-18-38-78(92)68-50-58-94-86(62-68)84-41-19-23-47-93(84)101-94/h1-64H. The molecule has 0 saturated carbocycles. The second kappa shape index (κ2) is 24.0. The Morgan fingerprint density at radius 1 is 0.225 bits per heavy atom. The molecule has 478 valence electrons. The molecule has 2 heterocycles. The second-order valence-corrected chi connectivity index (χ2v) is 28.0. The topological polar surface area (TPSA) is 19.6 Å². The third-order valence-electron chi connectivity index (χ3n) is 21.6. The Balaban J connectivity index is 0.677. The number of anilines is 6. The molecule has 0 saturated heterocycles. The van der Waals surface area contributed by atoms with Gasteiger partial charge in [0.1, 0.15) is 11.2 Å². The molecule has 0 aliphatic heterocycles. The van der Waals surface area contributed by atoms with E-state index >= 15 is 0 Å². The number of benzene rings is 16. The molecule has 0 fully saturated rings. The number of rotatable bonds is 13. The van der Waals surface area contributed by atoms with Crippen LogP contribution in [0.5, 0.6) is 0 Å². The van der Waals surface area contributed by atoms with Crippen molar-refractivity contribution < 1.29 is 4.42 Å². The molecule has 2 aliphatic rings. The van der Waals surface area contributed by atoms with Crippen LogP contribution in [0.4, 0.5) is 34.1 Å². The minimum absolute atomic E-state index is 0.529. The van der Waals surface area contributed by atoms with E-state index in [4.69, 9.17) is 4.42 Å². The first-order chi connectivity index (χ1) is 50.6. The van der Waals surface area contributed by atoms with Crippen LogP contribution in [-0.4, -0.2) is 0 Å². The summed E-state index contributed by atoms with van der Waals surface area (Å²) in [5.41, 5.74) is 29.1. The molecule has 0 spiro atoms. The van der Waals surface area contributed by atoms with Gasteiger partial charge in [0.05, 0.1) is 16.5 Å². The molecule has 2 aromatic heterocycles. The van der Waals surface area contributed by atoms with Crippen molar-refractivity contribution >= 4 is 87.6 Å². The average molecular weight is 1320 g/mol. The van der Waals surface area contributed by atoms with E-state index in [-0.39, 0.29) is 0 Å². The summed E-state index contributed by atoms with van der Waals surface area (Å²) in [4.78, 5) is 4.88. The summed E-state index contributed by atoms with van der Waals surface area (Å²) in [6.45, 7) is 0. The largest absolute Gasteiger partial charge is 0.456 e. The van der Waals surface area contributed by atoms with Crippen molar-refractivity contribution in [1.82, 2.24) is 0 Å². The van der Waals surface area contributed by atoms with Crippen LogP contribution in [0.3, 0.4) is 0 Å². The van der Waals surface area contributed by atoms with Gasteiger partial charge in [0, 0.05) is 64.9 Å². The lowest BCUT2D eigenvalue weighted by molar-refractivity contribution is 0.669. The van der Waals surface area contributed by atoms with E-state index < -0.39 is 10.8 Å². The quantitative estimate of drug-likeness (QED) is 0.115. The summed E-state index contributed by atoms with van der Waals surface area (Å²) in [7, 11) is 0. The predicted molar refractivity (Wildman–Crippen MR) is 427 cm³/mol. The van der Waals surface area contributed by atoms with Gasteiger partial charge in [0.2, 0.25) is 0 Å². The third-order valence-corrected chi connectivity index (χ3v) is 22.8. The van der Waals surface area contributed by atoms with Crippen LogP contribution < -0.4 is 9.80 Å². The van der Waals surface area contributed by atoms with E-state index in [1.54, 1.807) is 0 Å². The van der Waals surface area contributed by atoms with Gasteiger partial charge in [0.15, 0.2) is 0 Å². The molecule has 2 aliphatic carbocycles. The van der Waals surface area contributed by atoms with Crippen molar-refractivity contribution in [3.05, 3.63) is 433 Å². The molecule has 0 N–H and O–H groups in total. The number of para-hydroxylation sites is 4. The Kier molecular flexibility index (Phi) is 13.9. The molecule has 0 bridgehead atoms. The van der Waals surface area contributed by atoms with Gasteiger partial charge in [-0.15, -0.1) is 11.3 Å². The van der Waals surface area contributed by atoms with E-state index in [0.717, 1.165) is 67.2 Å². The average Bonchev–Trinajstić information content (AvgIpc) is 1.53. The zero-order valence-electron chi connectivity index (χ0n) is 55.7. The zero-order chi connectivity index (χ0) is 67.3. The van der Waals surface area contributed by atoms with Crippen molar-refractivity contribution in [2.45, 2.75) is 10.8 Å². The first kappa shape index (κ1) is 59.2. The molecule has 16 aromatic carbocycles. The molecular weight excluding hydrogens is 1250 g/mol. The zero-order valence-corrected chi connectivity index (χ0v) is 56.5. The third kappa shape index (κ3) is 9.20. The van der Waals surface area contributed by atoms with Gasteiger partial charge in [-0.05, 0) is 192 Å². The van der Waals surface area contributed by atoms with Crippen molar-refractivity contribution in [3.63, 3.8) is 0 Å². The summed E-state index contributed by atoms with van der Waals surface area (Å²) >= 11 is 1.88. The van der Waals surface area contributed by atoms with Gasteiger partial charge in [-0.3, -0.25) is 0 Å². The fraction of sp³-hybridized carbons (Fsp3) is 0.0204. The van der Waals surface area contributed by atoms with E-state index in [1.807, 2.05) is 23.5 Å². The van der Waals surface area contributed by atoms with E-state index in [9.17, 15) is 0 Å². The summed E-state index contributed by atoms with van der Waals surface area (Å²) in [5.74, 6) is 0. The van der Waals surface area contributed by atoms with Crippen molar-refractivity contribution in [2.24, 2.45) is 0 Å². The predicted octanol–water partition coefficient (Wildman–Crippen LogP) is 26.6. The highest BCUT2D eigenvalue weighted by atomic mass is 32.1. The van der Waals surface area contributed by atoms with Crippen LogP contribution in [0.2, 0.25) is 0 Å². The SMILES string of the molecule is c1ccc(N(c2cccc(-c3cccc4c3sc3ccc(-c5ccc(C6(c7ccccc7)c7ccccc7-c7ccc(N(c8ccccc8)c8ccccc8-c8ccc9oc%10ccccc%10c9c8)cc76)cc5)cc34)c2)c2ccc3c(c2)C(c2ccccc2)(c2ccccc2)c2ccccc2-3)cc1. The van der Waals surface area contributed by atoms with Crippen LogP contribution in [0, 0.1) is 0 Å². The van der Waals surface area contributed by atoms with Crippen molar-refractivity contribution in [2.75, 3.05) is 9.80 Å². The Labute approximate surface area is 597 Å². The normalized spacial score (nSPS) is 14.0. The maximum absolute atomic E-state index is 6.34. The van der Waals surface area contributed by atoms with Crippen LogP contribution in [0.15, 0.2) is 393 Å². The molecule has 4 heteroatoms. The molecule has 18 aromatic rings. The fourth-order valence-electron chi connectivity index (χ4n) is 17.2. The van der Waals surface area contributed by atoms with E-state index in [1.165, 1.54) is 109 Å². The van der Waals surface area contributed by atoms with Crippen molar-refractivity contribution in [3.8, 4) is 55.6 Å². The van der Waals surface area contributed by atoms with Gasteiger partial charge in [0.25, 0.3) is 0 Å². The molecule has 3 nitrogen and oxygen atoms in total. The van der Waals surface area contributed by atoms with Gasteiger partial charge >= 0.3 is 0 Å². The summed E-state index contributed by atoms with van der Waals surface area (Å²) in [5, 5.41) is 4.73. The van der Waals surface area contributed by atoms with Crippen molar-refractivity contribution in [1.29, 1.82) is 0 Å². The van der Waals surface area contributed by atoms with Crippen LogP contribution in [0.1, 0.15) is 44.5 Å². The van der Waals surface area contributed by atoms with Gasteiger partial charge in [-0.2, -0.15) is 0 Å². The fourth-order valence-corrected chi connectivity index (χ4v) is 18.4. The summed E-state index contributed by atoms with van der Waals surface area (Å²) in [6.07, 6.45) is 0. The monoisotopic (exact) mass is 1320 g/mol. The van der Waals surface area contributed by atoms with Crippen LogP contribution >= 0.6 is 11.3 Å². The highest BCUT2D eigenvalue weighted by Gasteiger charge is 2.48. The smallest absolute Gasteiger partial charge is 0.135 e. The number of hydrogen-bond donors (Lipinski definition) is 0. The number of furan rings is 1. The first-order valence-corrected chi connectivity index (χ1v) is 35.9. The molecule has 0 amide bonds. The lowest BCUT2D eigenvalue weighted by Crippen LogP contribution is -2.28. The number of hydrogen-bond acceptors (Lipinski definition) is 4. The van der Waals surface area contributed by atoms with Gasteiger partial charge in [-0.25, -0.2) is 0 Å². The Morgan fingerprint density at radius 2 is 0.657 bits per heavy atom. The van der Waals surface area contributed by atoms with Crippen LogP contribution in [-0.2, 0) is 10.8 Å². The minimum Gasteiger partial charge on any atom is -0.456 e. The first-order valence-electron chi connectivity index (χ1n) is 35.1. The second-order valence-electron chi connectivity index (χ2n) is 26.9. The summed E-state index contributed by atoms with van der Waals surface area (Å²) in [6, 6.07) is 144. The molecule has 20 rings (SSSR count). The lowest BCUT2D eigenvalue weighted by Gasteiger charge is -2.35. The number of thiophene rings is 1. The Bertz CT molecular complexity index is 6220. The maximum atomic E-state index is 6.34. The number of nitrogens with zero attached hydrogens (tertiary/aromatic N) is 2. The van der Waals surface area contributed by atoms with Gasteiger partial charge < -0.3 is 14.2 Å².